The van der Waals surface area contributed by atoms with Gasteiger partial charge in [0.05, 0.1) is 23.8 Å². The van der Waals surface area contributed by atoms with E-state index in [1.54, 1.807) is 25.2 Å². The van der Waals surface area contributed by atoms with Gasteiger partial charge in [0, 0.05) is 12.3 Å². The van der Waals surface area contributed by atoms with Crippen LogP contribution in [-0.4, -0.2) is 24.1 Å². The van der Waals surface area contributed by atoms with Crippen LogP contribution in [0.1, 0.15) is 6.92 Å². The number of esters is 1. The smallest absolute Gasteiger partial charge is 0.337 e. The topological polar surface area (TPSA) is 55.7 Å². The summed E-state index contributed by atoms with van der Waals surface area (Å²) >= 11 is 0. The van der Waals surface area contributed by atoms with Crippen LogP contribution >= 0.6 is 0 Å². The molecule has 0 bridgehead atoms. The van der Waals surface area contributed by atoms with Crippen molar-refractivity contribution >= 4 is 17.5 Å². The summed E-state index contributed by atoms with van der Waals surface area (Å²) in [7, 11) is 0. The van der Waals surface area contributed by atoms with Gasteiger partial charge in [-0.1, -0.05) is 6.08 Å². The molecule has 0 aromatic rings. The summed E-state index contributed by atoms with van der Waals surface area (Å²) in [5.41, 5.74) is 1.08. The zero-order valence-electron chi connectivity index (χ0n) is 8.84. The van der Waals surface area contributed by atoms with Crippen molar-refractivity contribution in [3.05, 3.63) is 36.1 Å². The minimum atomic E-state index is -0.436. The Morgan fingerprint density at radius 3 is 3.00 bits per heavy atom. The van der Waals surface area contributed by atoms with Crippen molar-refractivity contribution in [1.82, 2.24) is 0 Å². The van der Waals surface area contributed by atoms with Crippen LogP contribution < -0.4 is 0 Å². The van der Waals surface area contributed by atoms with Gasteiger partial charge in [-0.2, -0.15) is 0 Å². The molecule has 0 aromatic heterocycles. The van der Waals surface area contributed by atoms with Gasteiger partial charge in [0.1, 0.15) is 0 Å². The van der Waals surface area contributed by atoms with Gasteiger partial charge in [0.2, 0.25) is 0 Å². The van der Waals surface area contributed by atoms with Crippen LogP contribution in [0.5, 0.6) is 0 Å². The largest absolute Gasteiger partial charge is 0.462 e. The zero-order chi connectivity index (χ0) is 11.5. The minimum absolute atomic E-state index is 0.0591. The first-order chi connectivity index (χ1) is 7.72. The van der Waals surface area contributed by atoms with Gasteiger partial charge in [-0.25, -0.2) is 4.79 Å². The second-order valence-electron chi connectivity index (χ2n) is 3.43. The van der Waals surface area contributed by atoms with E-state index >= 15 is 0 Å². The Morgan fingerprint density at radius 1 is 1.44 bits per heavy atom. The van der Waals surface area contributed by atoms with Gasteiger partial charge in [0.25, 0.3) is 0 Å². The summed E-state index contributed by atoms with van der Waals surface area (Å²) in [5, 5.41) is 0. The number of ketones is 1. The number of carbonyl (C=O) groups excluding carboxylic acids is 2. The van der Waals surface area contributed by atoms with Crippen molar-refractivity contribution in [2.75, 3.05) is 6.61 Å². The fourth-order valence-corrected chi connectivity index (χ4v) is 1.60. The fourth-order valence-electron chi connectivity index (χ4n) is 1.60. The minimum Gasteiger partial charge on any atom is -0.462 e. The normalized spacial score (nSPS) is 22.3. The van der Waals surface area contributed by atoms with Gasteiger partial charge >= 0.3 is 5.97 Å². The van der Waals surface area contributed by atoms with E-state index in [0.717, 1.165) is 0 Å². The predicted octanol–water partition coefficient (Wildman–Crippen LogP) is 1.20. The average molecular weight is 217 g/mol. The number of nitrogens with zero attached hydrogens (tertiary/aromatic N) is 1. The van der Waals surface area contributed by atoms with E-state index in [9.17, 15) is 9.59 Å². The van der Waals surface area contributed by atoms with E-state index in [1.165, 1.54) is 12.3 Å². The number of rotatable bonds is 2. The molecule has 0 fully saturated rings. The maximum absolute atomic E-state index is 11.6. The van der Waals surface area contributed by atoms with Crippen molar-refractivity contribution in [3.8, 4) is 0 Å². The quantitative estimate of drug-likeness (QED) is 0.653. The standard InChI is InChI=1S/C12H11NO3/c1-2-16-12(15)8-3-4-10-9(7-8)11(14)5-6-13-10/h3-7,9H,2H2,1H3. The Labute approximate surface area is 93.0 Å². The third kappa shape index (κ3) is 1.86. The van der Waals surface area contributed by atoms with Crippen LogP contribution in [0, 0.1) is 5.92 Å². The van der Waals surface area contributed by atoms with Crippen molar-refractivity contribution < 1.29 is 14.3 Å². The molecule has 1 aliphatic carbocycles. The van der Waals surface area contributed by atoms with Crippen LogP contribution in [-0.2, 0) is 14.3 Å². The van der Waals surface area contributed by atoms with Gasteiger partial charge in [-0.15, -0.1) is 0 Å². The monoisotopic (exact) mass is 217 g/mol. The average Bonchev–Trinajstić information content (AvgIpc) is 2.29. The maximum Gasteiger partial charge on any atom is 0.337 e. The number of hydrogen-bond acceptors (Lipinski definition) is 4. The first-order valence-electron chi connectivity index (χ1n) is 5.07. The number of hydrogen-bond donors (Lipinski definition) is 0. The SMILES string of the molecule is CCOC(=O)C1=CC2C(=O)C=CN=C2C=C1. The molecule has 82 valence electrons. The summed E-state index contributed by atoms with van der Waals surface area (Å²) in [4.78, 5) is 27.1. The van der Waals surface area contributed by atoms with Crippen LogP contribution in [0.25, 0.3) is 0 Å². The number of aliphatic imine (C=N–C) groups is 1. The summed E-state index contributed by atoms with van der Waals surface area (Å²) in [5.74, 6) is -0.897. The lowest BCUT2D eigenvalue weighted by Gasteiger charge is -2.17. The van der Waals surface area contributed by atoms with Gasteiger partial charge in [0.15, 0.2) is 5.78 Å². The number of ether oxygens (including phenoxy) is 1. The first kappa shape index (κ1) is 10.5. The molecule has 0 N–H and O–H groups in total. The molecule has 1 heterocycles. The maximum atomic E-state index is 11.6. The summed E-state index contributed by atoms with van der Waals surface area (Å²) in [6.45, 7) is 2.07. The molecule has 4 heteroatoms. The van der Waals surface area contributed by atoms with E-state index in [0.29, 0.717) is 17.9 Å². The molecule has 0 saturated heterocycles. The fraction of sp³-hybridized carbons (Fsp3) is 0.250. The van der Waals surface area contributed by atoms with Crippen molar-refractivity contribution in [3.63, 3.8) is 0 Å². The molecule has 0 aromatic carbocycles. The Morgan fingerprint density at radius 2 is 2.25 bits per heavy atom. The van der Waals surface area contributed by atoms with Gasteiger partial charge < -0.3 is 4.74 Å². The number of fused-ring (bicyclic) bond motifs is 1. The summed E-state index contributed by atoms with van der Waals surface area (Å²) in [6.07, 6.45) is 7.79. The molecule has 2 rings (SSSR count). The molecular weight excluding hydrogens is 206 g/mol. The highest BCUT2D eigenvalue weighted by molar-refractivity contribution is 6.19. The molecule has 1 unspecified atom stereocenters. The second-order valence-corrected chi connectivity index (χ2v) is 3.43. The number of carbonyl (C=O) groups is 2. The van der Waals surface area contributed by atoms with E-state index in [2.05, 4.69) is 4.99 Å². The summed E-state index contributed by atoms with van der Waals surface area (Å²) in [6, 6.07) is 0. The molecular formula is C12H11NO3. The molecule has 1 aliphatic heterocycles. The highest BCUT2D eigenvalue weighted by Gasteiger charge is 2.26. The second kappa shape index (κ2) is 4.26. The van der Waals surface area contributed by atoms with E-state index in [-0.39, 0.29) is 5.78 Å². The predicted molar refractivity (Wildman–Crippen MR) is 58.9 cm³/mol. The van der Waals surface area contributed by atoms with Crippen LogP contribution in [0.4, 0.5) is 0 Å². The van der Waals surface area contributed by atoms with Crippen molar-refractivity contribution in [2.24, 2.45) is 10.9 Å². The molecule has 4 nitrogen and oxygen atoms in total. The lowest BCUT2D eigenvalue weighted by molar-refractivity contribution is -0.138. The molecule has 2 aliphatic rings. The Kier molecular flexibility index (Phi) is 2.81. The van der Waals surface area contributed by atoms with E-state index in [1.807, 2.05) is 0 Å². The highest BCUT2D eigenvalue weighted by Crippen LogP contribution is 2.20. The number of allylic oxidation sites excluding steroid dienone is 3. The lowest BCUT2D eigenvalue weighted by Crippen LogP contribution is -2.25. The van der Waals surface area contributed by atoms with Crippen LogP contribution in [0.3, 0.4) is 0 Å². The zero-order valence-corrected chi connectivity index (χ0v) is 8.84. The first-order valence-corrected chi connectivity index (χ1v) is 5.07. The Hall–Kier alpha value is -1.97. The molecule has 16 heavy (non-hydrogen) atoms. The van der Waals surface area contributed by atoms with Crippen molar-refractivity contribution in [2.45, 2.75) is 6.92 Å². The Bertz CT molecular complexity index is 455. The molecule has 0 radical (unpaired) electrons. The molecule has 0 saturated carbocycles. The van der Waals surface area contributed by atoms with Crippen LogP contribution in [0.15, 0.2) is 41.1 Å². The lowest BCUT2D eigenvalue weighted by atomic mass is 9.89. The van der Waals surface area contributed by atoms with Gasteiger partial charge in [-0.05, 0) is 19.1 Å². The molecule has 1 atom stereocenters. The van der Waals surface area contributed by atoms with E-state index in [4.69, 9.17) is 4.74 Å². The van der Waals surface area contributed by atoms with Crippen molar-refractivity contribution in [1.29, 1.82) is 0 Å². The highest BCUT2D eigenvalue weighted by atomic mass is 16.5. The Balaban J connectivity index is 2.25. The third-order valence-corrected chi connectivity index (χ3v) is 2.38. The molecule has 0 amide bonds. The summed E-state index contributed by atoms with van der Waals surface area (Å²) < 4.78 is 4.87. The molecule has 0 spiro atoms. The van der Waals surface area contributed by atoms with Crippen LogP contribution in [0.2, 0.25) is 0 Å². The third-order valence-electron chi connectivity index (χ3n) is 2.38. The van der Waals surface area contributed by atoms with E-state index < -0.39 is 11.9 Å². The van der Waals surface area contributed by atoms with Gasteiger partial charge in [-0.3, -0.25) is 9.79 Å².